The summed E-state index contributed by atoms with van der Waals surface area (Å²) in [6.07, 6.45) is 0. The lowest BCUT2D eigenvalue weighted by atomic mass is 10.2. The number of rotatable bonds is 17. The lowest BCUT2D eigenvalue weighted by molar-refractivity contribution is -0.133. The van der Waals surface area contributed by atoms with E-state index >= 15 is 0 Å². The van der Waals surface area contributed by atoms with Crippen molar-refractivity contribution < 1.29 is 23.7 Å². The Balaban J connectivity index is 3.16. The summed E-state index contributed by atoms with van der Waals surface area (Å²) >= 11 is 0. The Morgan fingerprint density at radius 2 is 1.33 bits per heavy atom. The maximum Gasteiger partial charge on any atom is 0.224 e. The molecule has 144 valence electrons. The number of nitrogens with zero attached hydrogens (tertiary/aromatic N) is 1. The minimum absolute atomic E-state index is 0.0248. The van der Waals surface area contributed by atoms with Crippen LogP contribution in [0.4, 0.5) is 0 Å². The second kappa shape index (κ2) is 17.1. The normalized spacial score (nSPS) is 11.2. The van der Waals surface area contributed by atoms with Crippen molar-refractivity contribution in [3.05, 3.63) is 0 Å². The van der Waals surface area contributed by atoms with Crippen molar-refractivity contribution in [2.75, 3.05) is 79.5 Å². The molecular weight excluding hydrogens is 312 g/mol. The summed E-state index contributed by atoms with van der Waals surface area (Å²) in [4.78, 5) is 13.3. The molecule has 1 N–H and O–H groups in total. The van der Waals surface area contributed by atoms with Gasteiger partial charge in [0.1, 0.15) is 0 Å². The van der Waals surface area contributed by atoms with Gasteiger partial charge in [-0.3, -0.25) is 4.79 Å². The number of likely N-dealkylation sites (N-methyl/N-ethyl adjacent to an activating group) is 2. The molecule has 0 saturated heterocycles. The molecule has 0 fully saturated rings. The molecule has 0 spiro atoms. The molecule has 0 aromatic rings. The van der Waals surface area contributed by atoms with Gasteiger partial charge in [0, 0.05) is 26.1 Å². The molecule has 0 atom stereocenters. The van der Waals surface area contributed by atoms with Crippen LogP contribution in [0.5, 0.6) is 0 Å². The molecule has 0 rings (SSSR count). The van der Waals surface area contributed by atoms with E-state index < -0.39 is 0 Å². The molecule has 0 unspecified atom stereocenters. The number of carbonyl (C=O) groups is 1. The quantitative estimate of drug-likeness (QED) is 0.392. The van der Waals surface area contributed by atoms with Gasteiger partial charge in [0.05, 0.1) is 52.9 Å². The van der Waals surface area contributed by atoms with E-state index in [1.165, 1.54) is 0 Å². The van der Waals surface area contributed by atoms with Crippen molar-refractivity contribution in [2.24, 2.45) is 5.92 Å². The third kappa shape index (κ3) is 14.8. The van der Waals surface area contributed by atoms with E-state index in [9.17, 15) is 4.79 Å². The summed E-state index contributed by atoms with van der Waals surface area (Å²) < 4.78 is 21.6. The Bertz CT molecular complexity index is 290. The van der Waals surface area contributed by atoms with Crippen LogP contribution in [-0.2, 0) is 23.7 Å². The van der Waals surface area contributed by atoms with Crippen LogP contribution < -0.4 is 5.32 Å². The van der Waals surface area contributed by atoms with Gasteiger partial charge in [-0.15, -0.1) is 0 Å². The number of hydrogen-bond donors (Lipinski definition) is 1. The molecule has 0 aromatic heterocycles. The second-order valence-electron chi connectivity index (χ2n) is 5.72. The molecule has 0 radical (unpaired) electrons. The molecule has 0 aliphatic rings. The van der Waals surface area contributed by atoms with Crippen LogP contribution in [-0.4, -0.2) is 90.3 Å². The summed E-state index contributed by atoms with van der Waals surface area (Å²) in [5, 5.41) is 3.19. The summed E-state index contributed by atoms with van der Waals surface area (Å²) in [6, 6.07) is 0. The molecule has 1 amide bonds. The minimum atomic E-state index is 0.0248. The predicted molar refractivity (Wildman–Crippen MR) is 94.3 cm³/mol. The van der Waals surface area contributed by atoms with E-state index in [0.717, 1.165) is 13.1 Å². The van der Waals surface area contributed by atoms with Crippen LogP contribution in [0.3, 0.4) is 0 Å². The number of ether oxygens (including phenoxy) is 4. The van der Waals surface area contributed by atoms with Crippen LogP contribution >= 0.6 is 0 Å². The molecular formula is C17H36N2O5. The van der Waals surface area contributed by atoms with E-state index in [1.807, 2.05) is 13.8 Å². The van der Waals surface area contributed by atoms with Gasteiger partial charge in [-0.2, -0.15) is 0 Å². The monoisotopic (exact) mass is 348 g/mol. The lowest BCUT2D eigenvalue weighted by Crippen LogP contribution is -2.33. The lowest BCUT2D eigenvalue weighted by Gasteiger charge is -2.19. The molecule has 0 saturated carbocycles. The van der Waals surface area contributed by atoms with Gasteiger partial charge in [-0.1, -0.05) is 20.8 Å². The van der Waals surface area contributed by atoms with Crippen molar-refractivity contribution in [3.8, 4) is 0 Å². The average molecular weight is 348 g/mol. The van der Waals surface area contributed by atoms with Crippen molar-refractivity contribution >= 4 is 5.91 Å². The van der Waals surface area contributed by atoms with Crippen molar-refractivity contribution in [3.63, 3.8) is 0 Å². The Labute approximate surface area is 147 Å². The number of carbonyl (C=O) groups excluding carboxylic acids is 1. The summed E-state index contributed by atoms with van der Waals surface area (Å²) in [7, 11) is 1.80. The maximum absolute atomic E-state index is 11.6. The average Bonchev–Trinajstić information content (AvgIpc) is 2.57. The van der Waals surface area contributed by atoms with Gasteiger partial charge in [-0.05, 0) is 6.54 Å². The van der Waals surface area contributed by atoms with Gasteiger partial charge in [0.25, 0.3) is 0 Å². The zero-order valence-corrected chi connectivity index (χ0v) is 15.8. The molecule has 0 aliphatic heterocycles. The summed E-state index contributed by atoms with van der Waals surface area (Å²) in [5.41, 5.74) is 0. The van der Waals surface area contributed by atoms with E-state index in [2.05, 4.69) is 12.2 Å². The van der Waals surface area contributed by atoms with Crippen LogP contribution in [0.2, 0.25) is 0 Å². The van der Waals surface area contributed by atoms with Crippen molar-refractivity contribution in [1.29, 1.82) is 0 Å². The van der Waals surface area contributed by atoms with Crippen LogP contribution in [0.15, 0.2) is 0 Å². The van der Waals surface area contributed by atoms with Gasteiger partial charge in [0.2, 0.25) is 5.91 Å². The first-order valence-corrected chi connectivity index (χ1v) is 8.86. The largest absolute Gasteiger partial charge is 0.378 e. The van der Waals surface area contributed by atoms with Crippen molar-refractivity contribution in [1.82, 2.24) is 10.2 Å². The highest BCUT2D eigenvalue weighted by atomic mass is 16.6. The molecule has 7 nitrogen and oxygen atoms in total. The molecule has 7 heteroatoms. The molecule has 0 heterocycles. The van der Waals surface area contributed by atoms with Gasteiger partial charge in [-0.25, -0.2) is 0 Å². The first kappa shape index (κ1) is 23.3. The number of nitrogens with one attached hydrogen (secondary N) is 1. The minimum Gasteiger partial charge on any atom is -0.378 e. The first-order chi connectivity index (χ1) is 11.6. The van der Waals surface area contributed by atoms with Crippen LogP contribution in [0, 0.1) is 5.92 Å². The Kier molecular flexibility index (Phi) is 16.6. The topological polar surface area (TPSA) is 69.3 Å². The standard InChI is InChI=1S/C17H36N2O5/c1-5-18-6-8-21-10-12-23-14-15-24-13-11-22-9-7-19(4)17(20)16(2)3/h16,18H,5-15H2,1-4H3. The van der Waals surface area contributed by atoms with E-state index in [0.29, 0.717) is 59.4 Å². The molecule has 0 aromatic carbocycles. The Morgan fingerprint density at radius 1 is 0.875 bits per heavy atom. The highest BCUT2D eigenvalue weighted by molar-refractivity contribution is 5.77. The maximum atomic E-state index is 11.6. The number of hydrogen-bond acceptors (Lipinski definition) is 6. The van der Waals surface area contributed by atoms with E-state index in [-0.39, 0.29) is 11.8 Å². The van der Waals surface area contributed by atoms with E-state index in [4.69, 9.17) is 18.9 Å². The zero-order valence-electron chi connectivity index (χ0n) is 15.8. The number of amides is 1. The van der Waals surface area contributed by atoms with Gasteiger partial charge >= 0.3 is 0 Å². The van der Waals surface area contributed by atoms with E-state index in [1.54, 1.807) is 11.9 Å². The SMILES string of the molecule is CCNCCOCCOCCOCCOCCN(C)C(=O)C(C)C. The van der Waals surface area contributed by atoms with Crippen LogP contribution in [0.1, 0.15) is 20.8 Å². The molecule has 24 heavy (non-hydrogen) atoms. The molecule has 0 bridgehead atoms. The fourth-order valence-electron chi connectivity index (χ4n) is 1.84. The van der Waals surface area contributed by atoms with Gasteiger partial charge < -0.3 is 29.2 Å². The van der Waals surface area contributed by atoms with Gasteiger partial charge in [0.15, 0.2) is 0 Å². The Hall–Kier alpha value is -0.730. The zero-order chi connectivity index (χ0) is 18.0. The second-order valence-corrected chi connectivity index (χ2v) is 5.72. The third-order valence-corrected chi connectivity index (χ3v) is 3.23. The van der Waals surface area contributed by atoms with Crippen molar-refractivity contribution in [2.45, 2.75) is 20.8 Å². The predicted octanol–water partition coefficient (Wildman–Crippen LogP) is 0.777. The molecule has 0 aliphatic carbocycles. The third-order valence-electron chi connectivity index (χ3n) is 3.23. The summed E-state index contributed by atoms with van der Waals surface area (Å²) in [6.45, 7) is 12.9. The fourth-order valence-corrected chi connectivity index (χ4v) is 1.84. The fraction of sp³-hybridized carbons (Fsp3) is 0.941. The first-order valence-electron chi connectivity index (χ1n) is 8.86. The summed E-state index contributed by atoms with van der Waals surface area (Å²) in [5.74, 6) is 0.161. The Morgan fingerprint density at radius 3 is 1.79 bits per heavy atom. The highest BCUT2D eigenvalue weighted by Crippen LogP contribution is 1.98. The van der Waals surface area contributed by atoms with Crippen LogP contribution in [0.25, 0.3) is 0 Å². The smallest absolute Gasteiger partial charge is 0.224 e. The highest BCUT2D eigenvalue weighted by Gasteiger charge is 2.11.